The molecule has 2 saturated heterocycles. The molecule has 1 amide bonds. The first-order valence-electron chi connectivity index (χ1n) is 11.6. The number of alkyl halides is 2. The summed E-state index contributed by atoms with van der Waals surface area (Å²) in [7, 11) is 1.26. The van der Waals surface area contributed by atoms with Crippen LogP contribution in [0.5, 0.6) is 0 Å². The van der Waals surface area contributed by atoms with E-state index in [0.29, 0.717) is 40.8 Å². The molecule has 0 N–H and O–H groups in total. The van der Waals surface area contributed by atoms with Crippen LogP contribution in [0.4, 0.5) is 19.6 Å². The Bertz CT molecular complexity index is 1200. The number of hydrogen-bond acceptors (Lipinski definition) is 8. The molecule has 8 nitrogen and oxygen atoms in total. The standard InChI is InChI=1S/C24H28F2N4O4S/c1-24(2,3)34-23(31)30-13-5-6-14(30)12-29(11-13)22-28-17-15(19(32-4)20(25)26)7-8-16(18(17)33-22)21-27-9-10-35-21/h7-10,13-14,19-20H,5-6,11-12H2,1-4H3. The lowest BCUT2D eigenvalue weighted by atomic mass is 10.0. The summed E-state index contributed by atoms with van der Waals surface area (Å²) >= 11 is 1.43. The van der Waals surface area contributed by atoms with Gasteiger partial charge in [-0.3, -0.25) is 4.90 Å². The van der Waals surface area contributed by atoms with E-state index in [4.69, 9.17) is 13.9 Å². The van der Waals surface area contributed by atoms with Crippen molar-refractivity contribution in [3.63, 3.8) is 0 Å². The van der Waals surface area contributed by atoms with Crippen LogP contribution in [-0.4, -0.2) is 65.3 Å². The lowest BCUT2D eigenvalue weighted by molar-refractivity contribution is -0.0335. The van der Waals surface area contributed by atoms with Crippen LogP contribution in [0.3, 0.4) is 0 Å². The summed E-state index contributed by atoms with van der Waals surface area (Å²) in [6.07, 6.45) is -1.07. The number of nitrogens with zero attached hydrogens (tertiary/aromatic N) is 4. The molecule has 11 heteroatoms. The van der Waals surface area contributed by atoms with Gasteiger partial charge in [0.25, 0.3) is 12.4 Å². The lowest BCUT2D eigenvalue weighted by Gasteiger charge is -2.40. The quantitative estimate of drug-likeness (QED) is 0.453. The number of halogens is 2. The van der Waals surface area contributed by atoms with E-state index in [-0.39, 0.29) is 23.7 Å². The molecule has 2 aliphatic heterocycles. The third kappa shape index (κ3) is 4.47. The zero-order valence-electron chi connectivity index (χ0n) is 20.0. The summed E-state index contributed by atoms with van der Waals surface area (Å²) in [6, 6.07) is 3.60. The zero-order valence-corrected chi connectivity index (χ0v) is 20.8. The highest BCUT2D eigenvalue weighted by Crippen LogP contribution is 2.40. The number of rotatable bonds is 5. The Hall–Kier alpha value is -2.79. The number of oxazole rings is 1. The molecule has 4 heterocycles. The van der Waals surface area contributed by atoms with Crippen LogP contribution in [0.1, 0.15) is 45.3 Å². The van der Waals surface area contributed by atoms with E-state index in [1.165, 1.54) is 18.4 Å². The highest BCUT2D eigenvalue weighted by atomic mass is 32.1. The third-order valence-corrected chi connectivity index (χ3v) is 7.18. The Kier molecular flexibility index (Phi) is 6.16. The summed E-state index contributed by atoms with van der Waals surface area (Å²) in [4.78, 5) is 25.7. The van der Waals surface area contributed by atoms with Crippen molar-refractivity contribution in [3.8, 4) is 10.6 Å². The summed E-state index contributed by atoms with van der Waals surface area (Å²) < 4.78 is 44.4. The number of ether oxygens (including phenoxy) is 2. The lowest BCUT2D eigenvalue weighted by Crippen LogP contribution is -2.56. The molecule has 0 aliphatic carbocycles. The van der Waals surface area contributed by atoms with E-state index < -0.39 is 18.1 Å². The highest BCUT2D eigenvalue weighted by molar-refractivity contribution is 7.13. The average molecular weight is 507 g/mol. The van der Waals surface area contributed by atoms with E-state index >= 15 is 0 Å². The summed E-state index contributed by atoms with van der Waals surface area (Å²) in [5, 5.41) is 2.56. The second-order valence-corrected chi connectivity index (χ2v) is 10.8. The second kappa shape index (κ2) is 9.02. The van der Waals surface area contributed by atoms with Crippen LogP contribution < -0.4 is 4.90 Å². The van der Waals surface area contributed by atoms with Gasteiger partial charge in [0.2, 0.25) is 0 Å². The minimum absolute atomic E-state index is 0.0377. The number of fused-ring (bicyclic) bond motifs is 3. The molecule has 35 heavy (non-hydrogen) atoms. The minimum Gasteiger partial charge on any atom is -0.444 e. The molecule has 2 fully saturated rings. The van der Waals surface area contributed by atoms with Crippen LogP contribution in [0, 0.1) is 0 Å². The van der Waals surface area contributed by atoms with Crippen LogP contribution >= 0.6 is 11.3 Å². The van der Waals surface area contributed by atoms with Crippen molar-refractivity contribution in [3.05, 3.63) is 29.3 Å². The number of hydrogen-bond donors (Lipinski definition) is 0. The fourth-order valence-corrected chi connectivity index (χ4v) is 5.60. The largest absolute Gasteiger partial charge is 0.444 e. The topological polar surface area (TPSA) is 80.9 Å². The van der Waals surface area contributed by atoms with Crippen molar-refractivity contribution in [2.75, 3.05) is 25.1 Å². The number of anilines is 1. The first kappa shape index (κ1) is 23.9. The number of carbonyl (C=O) groups excluding carboxylic acids is 1. The first-order chi connectivity index (χ1) is 16.7. The molecule has 3 aromatic rings. The maximum absolute atomic E-state index is 13.7. The van der Waals surface area contributed by atoms with Crippen molar-refractivity contribution in [1.29, 1.82) is 0 Å². The normalized spacial score (nSPS) is 21.2. The van der Waals surface area contributed by atoms with Gasteiger partial charge in [-0.25, -0.2) is 18.6 Å². The number of amides is 1. The van der Waals surface area contributed by atoms with Gasteiger partial charge >= 0.3 is 6.09 Å². The zero-order chi connectivity index (χ0) is 24.9. The summed E-state index contributed by atoms with van der Waals surface area (Å²) in [5.41, 5.74) is 1.12. The minimum atomic E-state index is -2.72. The molecule has 1 aromatic carbocycles. The molecule has 2 aliphatic rings. The molecule has 0 radical (unpaired) electrons. The Morgan fingerprint density at radius 2 is 1.94 bits per heavy atom. The van der Waals surface area contributed by atoms with Crippen LogP contribution in [0.25, 0.3) is 21.7 Å². The van der Waals surface area contributed by atoms with Gasteiger partial charge in [0.05, 0.1) is 17.6 Å². The highest BCUT2D eigenvalue weighted by Gasteiger charge is 2.45. The Labute approximate surface area is 205 Å². The third-order valence-electron chi connectivity index (χ3n) is 6.37. The number of carbonyl (C=O) groups is 1. The number of methoxy groups -OCH3 is 1. The van der Waals surface area contributed by atoms with Gasteiger partial charge < -0.3 is 18.8 Å². The molecule has 2 bridgehead atoms. The fraction of sp³-hybridized carbons (Fsp3) is 0.542. The number of benzene rings is 1. The maximum atomic E-state index is 13.7. The summed E-state index contributed by atoms with van der Waals surface area (Å²) in [5.74, 6) is 0. The molecular weight excluding hydrogens is 478 g/mol. The van der Waals surface area contributed by atoms with Crippen LogP contribution in [-0.2, 0) is 9.47 Å². The van der Waals surface area contributed by atoms with Crippen LogP contribution in [0.15, 0.2) is 28.1 Å². The van der Waals surface area contributed by atoms with Gasteiger partial charge in [-0.05, 0) is 39.7 Å². The van der Waals surface area contributed by atoms with E-state index in [1.807, 2.05) is 36.0 Å². The Balaban J connectivity index is 1.50. The number of aromatic nitrogens is 2. The summed E-state index contributed by atoms with van der Waals surface area (Å²) in [6.45, 7) is 6.60. The smallest absolute Gasteiger partial charge is 0.410 e. The maximum Gasteiger partial charge on any atom is 0.410 e. The van der Waals surface area contributed by atoms with Crippen LogP contribution in [0.2, 0.25) is 0 Å². The molecule has 0 saturated carbocycles. The van der Waals surface area contributed by atoms with E-state index in [9.17, 15) is 13.6 Å². The van der Waals surface area contributed by atoms with Crippen molar-refractivity contribution < 1.29 is 27.5 Å². The monoisotopic (exact) mass is 506 g/mol. The van der Waals surface area contributed by atoms with Gasteiger partial charge in [0.15, 0.2) is 5.58 Å². The predicted molar refractivity (Wildman–Crippen MR) is 128 cm³/mol. The first-order valence-corrected chi connectivity index (χ1v) is 12.4. The number of thiazole rings is 1. The molecule has 5 rings (SSSR count). The van der Waals surface area contributed by atoms with Gasteiger partial charge in [-0.2, -0.15) is 4.98 Å². The molecule has 188 valence electrons. The Morgan fingerprint density at radius 3 is 2.51 bits per heavy atom. The van der Waals surface area contributed by atoms with Crippen molar-refractivity contribution >= 4 is 34.5 Å². The van der Waals surface area contributed by atoms with Gasteiger partial charge in [0.1, 0.15) is 22.2 Å². The fourth-order valence-electron chi connectivity index (χ4n) is 4.94. The molecule has 0 spiro atoms. The molecular formula is C24H28F2N4O4S. The van der Waals surface area contributed by atoms with Gasteiger partial charge in [-0.1, -0.05) is 6.07 Å². The predicted octanol–water partition coefficient (Wildman–Crippen LogP) is 5.49. The van der Waals surface area contributed by atoms with Gasteiger partial charge in [-0.15, -0.1) is 11.3 Å². The van der Waals surface area contributed by atoms with Crippen molar-refractivity contribution in [2.45, 2.75) is 63.8 Å². The average Bonchev–Trinajstić information content (AvgIpc) is 3.51. The molecule has 2 aromatic heterocycles. The second-order valence-electron chi connectivity index (χ2n) is 9.88. The van der Waals surface area contributed by atoms with E-state index in [0.717, 1.165) is 12.8 Å². The Morgan fingerprint density at radius 1 is 1.23 bits per heavy atom. The number of piperazine rings is 1. The molecule has 3 unspecified atom stereocenters. The van der Waals surface area contributed by atoms with Gasteiger partial charge in [0, 0.05) is 37.3 Å². The van der Waals surface area contributed by atoms with E-state index in [2.05, 4.69) is 9.97 Å². The SMILES string of the molecule is COC(c1ccc(-c2nccs2)c2oc(N3CC4CCC(C3)N4C(=O)OC(C)(C)C)nc12)C(F)F. The van der Waals surface area contributed by atoms with Crippen molar-refractivity contribution in [1.82, 2.24) is 14.9 Å². The van der Waals surface area contributed by atoms with Crippen molar-refractivity contribution in [2.24, 2.45) is 0 Å². The van der Waals surface area contributed by atoms with E-state index in [1.54, 1.807) is 18.3 Å². The molecule has 3 atom stereocenters.